The summed E-state index contributed by atoms with van der Waals surface area (Å²) in [6, 6.07) is 0. The van der Waals surface area contributed by atoms with Gasteiger partial charge in [-0.2, -0.15) is 0 Å². The lowest BCUT2D eigenvalue weighted by Gasteiger charge is -2.32. The van der Waals surface area contributed by atoms with Gasteiger partial charge in [0, 0.05) is 11.8 Å². The van der Waals surface area contributed by atoms with Crippen LogP contribution in [0.1, 0.15) is 62.1 Å². The van der Waals surface area contributed by atoms with Crippen LogP contribution in [0, 0.1) is 5.92 Å². The van der Waals surface area contributed by atoms with Crippen LogP contribution in [0.5, 0.6) is 0 Å². The summed E-state index contributed by atoms with van der Waals surface area (Å²) < 4.78 is 50.7. The van der Waals surface area contributed by atoms with Gasteiger partial charge in [-0.05, 0) is 38.5 Å². The Kier molecular flexibility index (Phi) is 4.80. The molecule has 0 aromatic carbocycles. The molecule has 0 aliphatic heterocycles. The van der Waals surface area contributed by atoms with Crippen LogP contribution in [0.4, 0.5) is 13.2 Å². The van der Waals surface area contributed by atoms with Crippen molar-refractivity contribution in [3.63, 3.8) is 0 Å². The van der Waals surface area contributed by atoms with E-state index >= 15 is 0 Å². The quantitative estimate of drug-likeness (QED) is 0.777. The third-order valence-corrected chi connectivity index (χ3v) is 4.81. The maximum atomic E-state index is 12.1. The minimum absolute atomic E-state index is 0.0828. The number of alkyl halides is 3. The predicted molar refractivity (Wildman–Crippen MR) is 73.9 cm³/mol. The highest BCUT2D eigenvalue weighted by molar-refractivity contribution is 5.72. The second-order valence-electron chi connectivity index (χ2n) is 6.40. The first-order valence-corrected chi connectivity index (χ1v) is 8.01. The number of nitrogens with zero attached hydrogens (tertiary/aromatic N) is 2. The highest BCUT2D eigenvalue weighted by Crippen LogP contribution is 2.42. The fourth-order valence-corrected chi connectivity index (χ4v) is 3.37. The van der Waals surface area contributed by atoms with Crippen LogP contribution < -0.4 is 0 Å². The van der Waals surface area contributed by atoms with Crippen molar-refractivity contribution in [2.45, 2.75) is 62.8 Å². The molecular formula is C15H19F3N2O4. The van der Waals surface area contributed by atoms with Gasteiger partial charge >= 0.3 is 12.3 Å². The molecule has 0 unspecified atom stereocenters. The SMILES string of the molecule is COC(=O)[C@H]1CC[C@H](c2nnc([C@H]3C[C@@H](OC(F)(F)F)C3)o2)CC1. The lowest BCUT2D eigenvalue weighted by atomic mass is 9.81. The molecule has 2 fully saturated rings. The van der Waals surface area contributed by atoms with E-state index in [1.165, 1.54) is 7.11 Å². The van der Waals surface area contributed by atoms with Gasteiger partial charge in [0.05, 0.1) is 19.1 Å². The Morgan fingerprint density at radius 1 is 1.08 bits per heavy atom. The largest absolute Gasteiger partial charge is 0.522 e. The van der Waals surface area contributed by atoms with Crippen LogP contribution in [-0.4, -0.2) is 35.7 Å². The zero-order valence-electron chi connectivity index (χ0n) is 13.2. The molecule has 134 valence electrons. The van der Waals surface area contributed by atoms with E-state index in [1.807, 2.05) is 0 Å². The van der Waals surface area contributed by atoms with Gasteiger partial charge in [0.2, 0.25) is 11.8 Å². The number of esters is 1. The maximum absolute atomic E-state index is 12.1. The van der Waals surface area contributed by atoms with Gasteiger partial charge in [-0.25, -0.2) is 0 Å². The average molecular weight is 348 g/mol. The van der Waals surface area contributed by atoms with Crippen LogP contribution in [0.25, 0.3) is 0 Å². The average Bonchev–Trinajstić information content (AvgIpc) is 2.98. The number of hydrogen-bond donors (Lipinski definition) is 0. The first-order valence-electron chi connectivity index (χ1n) is 8.01. The van der Waals surface area contributed by atoms with Crippen LogP contribution in [0.2, 0.25) is 0 Å². The molecule has 1 aromatic rings. The first kappa shape index (κ1) is 17.2. The molecule has 2 saturated carbocycles. The predicted octanol–water partition coefficient (Wildman–Crippen LogP) is 3.30. The number of methoxy groups -OCH3 is 1. The van der Waals surface area contributed by atoms with E-state index < -0.39 is 12.5 Å². The van der Waals surface area contributed by atoms with Crippen molar-refractivity contribution in [2.75, 3.05) is 7.11 Å². The second-order valence-corrected chi connectivity index (χ2v) is 6.40. The zero-order chi connectivity index (χ0) is 17.3. The fourth-order valence-electron chi connectivity index (χ4n) is 3.37. The smallest absolute Gasteiger partial charge is 0.469 e. The summed E-state index contributed by atoms with van der Waals surface area (Å²) in [6.07, 6.45) is -2.04. The minimum Gasteiger partial charge on any atom is -0.469 e. The highest BCUT2D eigenvalue weighted by atomic mass is 19.4. The molecule has 0 amide bonds. The molecule has 2 aliphatic rings. The summed E-state index contributed by atoms with van der Waals surface area (Å²) in [6.45, 7) is 0. The van der Waals surface area contributed by atoms with Crippen molar-refractivity contribution in [3.8, 4) is 0 Å². The molecule has 6 nitrogen and oxygen atoms in total. The van der Waals surface area contributed by atoms with E-state index in [9.17, 15) is 18.0 Å². The molecule has 1 heterocycles. The number of carbonyl (C=O) groups is 1. The third kappa shape index (κ3) is 3.88. The molecule has 0 N–H and O–H groups in total. The van der Waals surface area contributed by atoms with Crippen LogP contribution in [0.3, 0.4) is 0 Å². The van der Waals surface area contributed by atoms with Crippen LogP contribution >= 0.6 is 0 Å². The van der Waals surface area contributed by atoms with E-state index in [0.29, 0.717) is 24.6 Å². The monoisotopic (exact) mass is 348 g/mol. The van der Waals surface area contributed by atoms with Crippen molar-refractivity contribution in [1.29, 1.82) is 0 Å². The van der Waals surface area contributed by atoms with Gasteiger partial charge in [0.1, 0.15) is 0 Å². The summed E-state index contributed by atoms with van der Waals surface area (Å²) in [5.74, 6) is 0.528. The van der Waals surface area contributed by atoms with Crippen molar-refractivity contribution < 1.29 is 31.9 Å². The Labute approximate surface area is 136 Å². The maximum Gasteiger partial charge on any atom is 0.522 e. The Balaban J connectivity index is 1.50. The van der Waals surface area contributed by atoms with Crippen molar-refractivity contribution in [1.82, 2.24) is 10.2 Å². The second kappa shape index (κ2) is 6.70. The molecule has 1 aromatic heterocycles. The van der Waals surface area contributed by atoms with Crippen molar-refractivity contribution in [2.24, 2.45) is 5.92 Å². The Morgan fingerprint density at radius 3 is 2.21 bits per heavy atom. The molecule has 0 bridgehead atoms. The van der Waals surface area contributed by atoms with E-state index in [2.05, 4.69) is 14.9 Å². The van der Waals surface area contributed by atoms with Gasteiger partial charge in [0.15, 0.2) is 0 Å². The van der Waals surface area contributed by atoms with Gasteiger partial charge < -0.3 is 9.15 Å². The van der Waals surface area contributed by atoms with E-state index in [4.69, 9.17) is 9.15 Å². The summed E-state index contributed by atoms with van der Waals surface area (Å²) >= 11 is 0. The number of carbonyl (C=O) groups excluding carboxylic acids is 1. The van der Waals surface area contributed by atoms with E-state index in [0.717, 1.165) is 12.8 Å². The number of aromatic nitrogens is 2. The molecule has 0 radical (unpaired) electrons. The van der Waals surface area contributed by atoms with Crippen molar-refractivity contribution >= 4 is 5.97 Å². The number of halogens is 3. The molecule has 3 rings (SSSR count). The highest BCUT2D eigenvalue weighted by Gasteiger charge is 2.42. The lowest BCUT2D eigenvalue weighted by molar-refractivity contribution is -0.352. The Bertz CT molecular complexity index is 576. The molecule has 0 spiro atoms. The molecular weight excluding hydrogens is 329 g/mol. The summed E-state index contributed by atoms with van der Waals surface area (Å²) in [4.78, 5) is 11.5. The summed E-state index contributed by atoms with van der Waals surface area (Å²) in [5.41, 5.74) is 0. The molecule has 2 aliphatic carbocycles. The van der Waals surface area contributed by atoms with Gasteiger partial charge in [-0.1, -0.05) is 0 Å². The Morgan fingerprint density at radius 2 is 1.67 bits per heavy atom. The zero-order valence-corrected chi connectivity index (χ0v) is 13.2. The molecule has 0 saturated heterocycles. The van der Waals surface area contributed by atoms with Crippen molar-refractivity contribution in [3.05, 3.63) is 11.8 Å². The van der Waals surface area contributed by atoms with Gasteiger partial charge in [-0.15, -0.1) is 23.4 Å². The molecule has 24 heavy (non-hydrogen) atoms. The van der Waals surface area contributed by atoms with Gasteiger partial charge in [0.25, 0.3) is 0 Å². The summed E-state index contributed by atoms with van der Waals surface area (Å²) in [5, 5.41) is 8.01. The van der Waals surface area contributed by atoms with Gasteiger partial charge in [-0.3, -0.25) is 9.53 Å². The van der Waals surface area contributed by atoms with Crippen LogP contribution in [-0.2, 0) is 14.3 Å². The third-order valence-electron chi connectivity index (χ3n) is 4.81. The first-order chi connectivity index (χ1) is 11.4. The lowest BCUT2D eigenvalue weighted by Crippen LogP contribution is -2.34. The molecule has 0 atom stereocenters. The Hall–Kier alpha value is -1.64. The topological polar surface area (TPSA) is 74.5 Å². The molecule has 9 heteroatoms. The number of rotatable bonds is 4. The number of ether oxygens (including phenoxy) is 2. The van der Waals surface area contributed by atoms with Crippen LogP contribution in [0.15, 0.2) is 4.42 Å². The standard InChI is InChI=1S/C15H19F3N2O4/c1-22-14(21)9-4-2-8(3-5-9)12-19-20-13(23-12)10-6-11(7-10)24-15(16,17)18/h8-11H,2-7H2,1H3/t8-,9-,10-,11+. The fraction of sp³-hybridized carbons (Fsp3) is 0.800. The van der Waals surface area contributed by atoms with E-state index in [1.54, 1.807) is 0 Å². The minimum atomic E-state index is -4.60. The van der Waals surface area contributed by atoms with E-state index in [-0.39, 0.29) is 36.6 Å². The summed E-state index contributed by atoms with van der Waals surface area (Å²) in [7, 11) is 1.38. The number of hydrogen-bond acceptors (Lipinski definition) is 6. The normalized spacial score (nSPS) is 30.7.